The van der Waals surface area contributed by atoms with Gasteiger partial charge < -0.3 is 10.2 Å². The van der Waals surface area contributed by atoms with Crippen molar-refractivity contribution in [2.75, 3.05) is 0 Å². The number of carboxylic acids is 2. The maximum absolute atomic E-state index is 9.25. The van der Waals surface area contributed by atoms with E-state index in [4.69, 9.17) is 10.2 Å². The zero-order valence-corrected chi connectivity index (χ0v) is 19.2. The molecule has 2 N–H and O–H groups in total. The largest absolute Gasteiger partial charge is 0.478 e. The average Bonchev–Trinajstić information content (AvgIpc) is 3.28. The third-order valence-electron chi connectivity index (χ3n) is 5.48. The molecule has 0 saturated carbocycles. The Morgan fingerprint density at radius 2 is 1.06 bits per heavy atom. The van der Waals surface area contributed by atoms with Gasteiger partial charge in [0.25, 0.3) is 0 Å². The zero-order valence-electron chi connectivity index (χ0n) is 19.2. The molecule has 0 heterocycles. The van der Waals surface area contributed by atoms with Crippen LogP contribution in [0.25, 0.3) is 33.4 Å². The highest BCUT2D eigenvalue weighted by Gasteiger charge is 2.23. The molecule has 1 aliphatic carbocycles. The van der Waals surface area contributed by atoms with Crippen LogP contribution in [0.15, 0.2) is 122 Å². The molecule has 0 atom stereocenters. The summed E-state index contributed by atoms with van der Waals surface area (Å²) in [5.74, 6) is -1.96. The predicted octanol–water partition coefficient (Wildman–Crippen LogP) is 7.11. The lowest BCUT2D eigenvalue weighted by Crippen LogP contribution is -1.92. The zero-order chi connectivity index (χ0) is 25.2. The van der Waals surface area contributed by atoms with Crippen LogP contribution in [0.3, 0.4) is 0 Å². The number of rotatable bonds is 4. The summed E-state index contributed by atoms with van der Waals surface area (Å²) in [5.41, 5.74) is 10.9. The standard InChI is InChI=1S/C25H18.2C3H4O2/c1-3-9-18(10-4-1)22-15-16-23-21-14-8-7-13-20(21)17-24(23)25(22)19-11-5-2-6-12-19;2*1-2-3(4)5/h1-16H,17H2;2*2H,1H2,(H,4,5). The summed E-state index contributed by atoms with van der Waals surface area (Å²) >= 11 is 0. The summed E-state index contributed by atoms with van der Waals surface area (Å²) in [5, 5.41) is 15.2. The Hall–Kier alpha value is -4.70. The number of hydrogen-bond acceptors (Lipinski definition) is 2. The van der Waals surface area contributed by atoms with E-state index < -0.39 is 11.9 Å². The first-order valence-electron chi connectivity index (χ1n) is 11.0. The highest BCUT2D eigenvalue weighted by molar-refractivity contribution is 5.93. The average molecular weight is 463 g/mol. The third-order valence-corrected chi connectivity index (χ3v) is 5.48. The first-order chi connectivity index (χ1) is 17.0. The molecule has 0 unspecified atom stereocenters. The fourth-order valence-corrected chi connectivity index (χ4v) is 4.00. The predicted molar refractivity (Wildman–Crippen MR) is 141 cm³/mol. The molecule has 0 saturated heterocycles. The van der Waals surface area contributed by atoms with Crippen molar-refractivity contribution in [1.29, 1.82) is 0 Å². The van der Waals surface area contributed by atoms with Gasteiger partial charge in [-0.15, -0.1) is 0 Å². The summed E-state index contributed by atoms with van der Waals surface area (Å²) in [6, 6.07) is 34.9. The molecule has 1 aliphatic rings. The van der Waals surface area contributed by atoms with E-state index in [9.17, 15) is 9.59 Å². The Labute approximate surface area is 205 Å². The van der Waals surface area contributed by atoms with E-state index in [-0.39, 0.29) is 0 Å². The Morgan fingerprint density at radius 3 is 1.60 bits per heavy atom. The number of carboxylic acid groups (broad SMARTS) is 2. The van der Waals surface area contributed by atoms with Gasteiger partial charge in [0, 0.05) is 12.2 Å². The fraction of sp³-hybridized carbons (Fsp3) is 0.0323. The molecule has 0 amide bonds. The van der Waals surface area contributed by atoms with Crippen molar-refractivity contribution in [3.8, 4) is 33.4 Å². The van der Waals surface area contributed by atoms with Gasteiger partial charge in [-0.05, 0) is 50.9 Å². The van der Waals surface area contributed by atoms with Gasteiger partial charge in [0.1, 0.15) is 0 Å². The van der Waals surface area contributed by atoms with Crippen LogP contribution in [0.2, 0.25) is 0 Å². The lowest BCUT2D eigenvalue weighted by Gasteiger charge is -2.16. The molecule has 4 aromatic carbocycles. The molecule has 35 heavy (non-hydrogen) atoms. The highest BCUT2D eigenvalue weighted by Crippen LogP contribution is 2.45. The van der Waals surface area contributed by atoms with Gasteiger partial charge in [-0.25, -0.2) is 9.59 Å². The highest BCUT2D eigenvalue weighted by atomic mass is 16.4. The smallest absolute Gasteiger partial charge is 0.327 e. The molecule has 4 aromatic rings. The molecule has 5 rings (SSSR count). The summed E-state index contributed by atoms with van der Waals surface area (Å²) in [6.07, 6.45) is 2.68. The van der Waals surface area contributed by atoms with E-state index in [1.54, 1.807) is 0 Å². The van der Waals surface area contributed by atoms with Crippen LogP contribution in [-0.2, 0) is 16.0 Å². The number of carbonyl (C=O) groups is 2. The van der Waals surface area contributed by atoms with Crippen LogP contribution in [0, 0.1) is 0 Å². The van der Waals surface area contributed by atoms with Gasteiger partial charge in [0.05, 0.1) is 0 Å². The van der Waals surface area contributed by atoms with Crippen LogP contribution in [-0.4, -0.2) is 22.2 Å². The van der Waals surface area contributed by atoms with Gasteiger partial charge in [-0.3, -0.25) is 0 Å². The fourth-order valence-electron chi connectivity index (χ4n) is 4.00. The van der Waals surface area contributed by atoms with Gasteiger partial charge >= 0.3 is 11.9 Å². The van der Waals surface area contributed by atoms with E-state index in [1.165, 1.54) is 44.5 Å². The first kappa shape index (κ1) is 24.9. The molecule has 0 aromatic heterocycles. The molecule has 4 nitrogen and oxygen atoms in total. The molecule has 0 spiro atoms. The second-order valence-corrected chi connectivity index (χ2v) is 7.66. The van der Waals surface area contributed by atoms with Crippen molar-refractivity contribution in [3.05, 3.63) is 133 Å². The van der Waals surface area contributed by atoms with E-state index in [0.29, 0.717) is 0 Å². The van der Waals surface area contributed by atoms with Crippen molar-refractivity contribution >= 4 is 11.9 Å². The van der Waals surface area contributed by atoms with Crippen LogP contribution >= 0.6 is 0 Å². The molecule has 4 heteroatoms. The molecule has 0 radical (unpaired) electrons. The van der Waals surface area contributed by atoms with Gasteiger partial charge in [0.2, 0.25) is 0 Å². The maximum atomic E-state index is 9.25. The lowest BCUT2D eigenvalue weighted by molar-refractivity contribution is -0.132. The first-order valence-corrected chi connectivity index (χ1v) is 11.0. The summed E-state index contributed by atoms with van der Waals surface area (Å²) in [7, 11) is 0. The maximum Gasteiger partial charge on any atom is 0.327 e. The minimum Gasteiger partial charge on any atom is -0.478 e. The number of aliphatic carboxylic acids is 2. The summed E-state index contributed by atoms with van der Waals surface area (Å²) < 4.78 is 0. The molecule has 174 valence electrons. The topological polar surface area (TPSA) is 74.6 Å². The van der Waals surface area contributed by atoms with Crippen molar-refractivity contribution < 1.29 is 19.8 Å². The number of hydrogen-bond donors (Lipinski definition) is 2. The number of fused-ring (bicyclic) bond motifs is 3. The van der Waals surface area contributed by atoms with Gasteiger partial charge in [-0.1, -0.05) is 110 Å². The third kappa shape index (κ3) is 6.21. The van der Waals surface area contributed by atoms with E-state index in [2.05, 4.69) is 110 Å². The summed E-state index contributed by atoms with van der Waals surface area (Å²) in [6.45, 7) is 5.92. The second-order valence-electron chi connectivity index (χ2n) is 7.66. The van der Waals surface area contributed by atoms with Gasteiger partial charge in [0.15, 0.2) is 0 Å². The Balaban J connectivity index is 0.000000293. The molecule has 0 aliphatic heterocycles. The lowest BCUT2D eigenvalue weighted by atomic mass is 9.88. The Bertz CT molecular complexity index is 1320. The SMILES string of the molecule is C=CC(=O)O.C=CC(=O)O.c1ccc(-c2ccc3c(c2-c2ccccc2)Cc2ccccc2-3)cc1. The molecule has 0 fully saturated rings. The normalized spacial score (nSPS) is 10.3. The summed E-state index contributed by atoms with van der Waals surface area (Å²) in [4.78, 5) is 18.5. The van der Waals surface area contributed by atoms with Gasteiger partial charge in [-0.2, -0.15) is 0 Å². The van der Waals surface area contributed by atoms with Crippen molar-refractivity contribution in [1.82, 2.24) is 0 Å². The van der Waals surface area contributed by atoms with Crippen molar-refractivity contribution in [3.63, 3.8) is 0 Å². The van der Waals surface area contributed by atoms with Crippen molar-refractivity contribution in [2.45, 2.75) is 6.42 Å². The molecular weight excluding hydrogens is 436 g/mol. The second kappa shape index (κ2) is 12.0. The molecular formula is C31H26O4. The van der Waals surface area contributed by atoms with Crippen LogP contribution < -0.4 is 0 Å². The van der Waals surface area contributed by atoms with Crippen LogP contribution in [0.1, 0.15) is 11.1 Å². The van der Waals surface area contributed by atoms with E-state index in [1.807, 2.05) is 0 Å². The minimum absolute atomic E-state index is 0.833. The molecule has 0 bridgehead atoms. The Morgan fingerprint density at radius 1 is 0.600 bits per heavy atom. The van der Waals surface area contributed by atoms with Crippen molar-refractivity contribution in [2.24, 2.45) is 0 Å². The van der Waals surface area contributed by atoms with Crippen LogP contribution in [0.4, 0.5) is 0 Å². The Kier molecular flexibility index (Phi) is 8.52. The monoisotopic (exact) mass is 462 g/mol. The van der Waals surface area contributed by atoms with E-state index >= 15 is 0 Å². The quantitative estimate of drug-likeness (QED) is 0.279. The number of benzene rings is 4. The minimum atomic E-state index is -0.981. The van der Waals surface area contributed by atoms with Crippen LogP contribution in [0.5, 0.6) is 0 Å². The van der Waals surface area contributed by atoms with E-state index in [0.717, 1.165) is 18.6 Å².